The molecular weight excluding hydrogens is 144 g/mol. The molecule has 1 saturated carbocycles. The summed E-state index contributed by atoms with van der Waals surface area (Å²) in [6.07, 6.45) is 8.69. The van der Waals surface area contributed by atoms with Crippen molar-refractivity contribution >= 4 is 0 Å². The van der Waals surface area contributed by atoms with Gasteiger partial charge >= 0.3 is 0 Å². The maximum absolute atomic E-state index is 3.46. The molecule has 1 aliphatic carbocycles. The molecule has 0 unspecified atom stereocenters. The number of hydrogen-bond donors (Lipinski definition) is 0. The van der Waals surface area contributed by atoms with Crippen LogP contribution in [0.1, 0.15) is 31.2 Å². The molecule has 1 radical (unpaired) electrons. The van der Waals surface area contributed by atoms with E-state index in [1.54, 1.807) is 0 Å². The van der Waals surface area contributed by atoms with Gasteiger partial charge in [0.2, 0.25) is 0 Å². The molecule has 1 aromatic rings. The summed E-state index contributed by atoms with van der Waals surface area (Å²) in [6.45, 7) is 0. The third kappa shape index (κ3) is 1.76. The number of hydrogen-bond acceptors (Lipinski definition) is 0. The molecule has 1 aliphatic rings. The average molecular weight is 157 g/mol. The Hall–Kier alpha value is -1.04. The molecule has 0 saturated heterocycles. The van der Waals surface area contributed by atoms with Gasteiger partial charge in [0.1, 0.15) is 0 Å². The lowest BCUT2D eigenvalue weighted by Crippen LogP contribution is -1.76. The molecular formula is C12H13. The van der Waals surface area contributed by atoms with Crippen LogP contribution in [0.3, 0.4) is 0 Å². The highest BCUT2D eigenvalue weighted by molar-refractivity contribution is 5.25. The second-order valence-electron chi connectivity index (χ2n) is 3.30. The van der Waals surface area contributed by atoms with Crippen molar-refractivity contribution < 1.29 is 0 Å². The molecule has 0 atom stereocenters. The van der Waals surface area contributed by atoms with Crippen molar-refractivity contribution in [2.75, 3.05) is 0 Å². The Bertz CT molecular complexity index is 261. The minimum absolute atomic E-state index is 1.23. The maximum atomic E-state index is 3.46. The zero-order valence-electron chi connectivity index (χ0n) is 7.22. The van der Waals surface area contributed by atoms with Gasteiger partial charge in [-0.3, -0.25) is 0 Å². The normalized spacial score (nSPS) is 16.5. The zero-order chi connectivity index (χ0) is 8.23. The predicted octanol–water partition coefficient (Wildman–Crippen LogP) is 3.34. The van der Waals surface area contributed by atoms with Gasteiger partial charge in [0.25, 0.3) is 0 Å². The quantitative estimate of drug-likeness (QED) is 0.586. The summed E-state index contributed by atoms with van der Waals surface area (Å²) in [5.41, 5.74) is 2.73. The van der Waals surface area contributed by atoms with Gasteiger partial charge in [0, 0.05) is 0 Å². The summed E-state index contributed by atoms with van der Waals surface area (Å²) in [6, 6.07) is 10.4. The van der Waals surface area contributed by atoms with Gasteiger partial charge in [-0.2, -0.15) is 0 Å². The minimum Gasteiger partial charge on any atom is -0.0622 e. The van der Waals surface area contributed by atoms with Crippen LogP contribution >= 0.6 is 0 Å². The summed E-state index contributed by atoms with van der Waals surface area (Å²) in [7, 11) is 0. The van der Waals surface area contributed by atoms with Crippen LogP contribution in [0, 0.1) is 6.08 Å². The van der Waals surface area contributed by atoms with E-state index in [-0.39, 0.29) is 0 Å². The summed E-state index contributed by atoms with van der Waals surface area (Å²) in [4.78, 5) is 0. The SMILES string of the molecule is [C](=C1CCCC1)c1ccccc1. The summed E-state index contributed by atoms with van der Waals surface area (Å²) in [5.74, 6) is 0. The standard InChI is InChI=1S/C12H13/c1-2-6-11(7-3-1)10-12-8-4-5-9-12/h1-3,6-7H,4-5,8-9H2. The third-order valence-corrected chi connectivity index (χ3v) is 2.30. The monoisotopic (exact) mass is 157 g/mol. The highest BCUT2D eigenvalue weighted by Crippen LogP contribution is 2.24. The molecule has 1 aromatic carbocycles. The van der Waals surface area contributed by atoms with Crippen molar-refractivity contribution in [1.82, 2.24) is 0 Å². The van der Waals surface area contributed by atoms with E-state index < -0.39 is 0 Å². The van der Waals surface area contributed by atoms with E-state index in [2.05, 4.69) is 30.3 Å². The lowest BCUT2D eigenvalue weighted by Gasteiger charge is -1.94. The molecule has 61 valence electrons. The van der Waals surface area contributed by atoms with E-state index in [4.69, 9.17) is 0 Å². The van der Waals surface area contributed by atoms with Crippen LogP contribution in [-0.2, 0) is 0 Å². The van der Waals surface area contributed by atoms with Gasteiger partial charge in [-0.1, -0.05) is 35.9 Å². The average Bonchev–Trinajstić information content (AvgIpc) is 2.59. The fourth-order valence-corrected chi connectivity index (χ4v) is 1.65. The van der Waals surface area contributed by atoms with Crippen molar-refractivity contribution in [2.24, 2.45) is 0 Å². The second-order valence-corrected chi connectivity index (χ2v) is 3.30. The highest BCUT2D eigenvalue weighted by atomic mass is 14.1. The van der Waals surface area contributed by atoms with Crippen LogP contribution in [0.5, 0.6) is 0 Å². The Balaban J connectivity index is 2.16. The smallest absolute Gasteiger partial charge is 0.0114 e. The minimum atomic E-state index is 1.23. The van der Waals surface area contributed by atoms with Crippen LogP contribution in [0.15, 0.2) is 35.9 Å². The lowest BCUT2D eigenvalue weighted by atomic mass is 10.1. The van der Waals surface area contributed by atoms with E-state index in [1.165, 1.54) is 36.8 Å². The Morgan fingerprint density at radius 1 is 0.917 bits per heavy atom. The summed E-state index contributed by atoms with van der Waals surface area (Å²) < 4.78 is 0. The van der Waals surface area contributed by atoms with Crippen LogP contribution in [0.4, 0.5) is 0 Å². The fraction of sp³-hybridized carbons (Fsp3) is 0.333. The Morgan fingerprint density at radius 2 is 1.58 bits per heavy atom. The summed E-state index contributed by atoms with van der Waals surface area (Å²) in [5, 5.41) is 0. The first-order valence-corrected chi connectivity index (χ1v) is 4.62. The number of benzene rings is 1. The third-order valence-electron chi connectivity index (χ3n) is 2.30. The number of rotatable bonds is 1. The van der Waals surface area contributed by atoms with Gasteiger partial charge in [0.05, 0.1) is 0 Å². The molecule has 0 bridgehead atoms. The molecule has 0 N–H and O–H groups in total. The molecule has 0 heterocycles. The molecule has 0 aliphatic heterocycles. The highest BCUT2D eigenvalue weighted by Gasteiger charge is 2.05. The molecule has 2 rings (SSSR count). The molecule has 0 spiro atoms. The molecule has 0 heteroatoms. The van der Waals surface area contributed by atoms with Gasteiger partial charge in [0.15, 0.2) is 0 Å². The van der Waals surface area contributed by atoms with E-state index in [0.717, 1.165) is 0 Å². The van der Waals surface area contributed by atoms with Gasteiger partial charge < -0.3 is 0 Å². The van der Waals surface area contributed by atoms with Gasteiger partial charge in [-0.05, 0) is 37.3 Å². The molecule has 0 nitrogen and oxygen atoms in total. The first-order chi connectivity index (χ1) is 5.95. The van der Waals surface area contributed by atoms with Crippen LogP contribution in [0.2, 0.25) is 0 Å². The lowest BCUT2D eigenvalue weighted by molar-refractivity contribution is 0.886. The van der Waals surface area contributed by atoms with Crippen LogP contribution < -0.4 is 0 Å². The largest absolute Gasteiger partial charge is 0.0622 e. The van der Waals surface area contributed by atoms with Crippen molar-refractivity contribution in [3.63, 3.8) is 0 Å². The molecule has 1 fully saturated rings. The first-order valence-electron chi connectivity index (χ1n) is 4.62. The van der Waals surface area contributed by atoms with E-state index >= 15 is 0 Å². The van der Waals surface area contributed by atoms with Crippen molar-refractivity contribution in [3.05, 3.63) is 47.5 Å². The Labute approximate surface area is 73.9 Å². The topological polar surface area (TPSA) is 0 Å². The predicted molar refractivity (Wildman–Crippen MR) is 50.8 cm³/mol. The zero-order valence-corrected chi connectivity index (χ0v) is 7.22. The van der Waals surface area contributed by atoms with E-state index in [1.807, 2.05) is 6.07 Å². The van der Waals surface area contributed by atoms with Crippen molar-refractivity contribution in [3.8, 4) is 0 Å². The Kier molecular flexibility index (Phi) is 2.26. The maximum Gasteiger partial charge on any atom is -0.0114 e. The van der Waals surface area contributed by atoms with Crippen LogP contribution in [-0.4, -0.2) is 0 Å². The van der Waals surface area contributed by atoms with Gasteiger partial charge in [-0.15, -0.1) is 0 Å². The van der Waals surface area contributed by atoms with E-state index in [0.29, 0.717) is 0 Å². The van der Waals surface area contributed by atoms with Crippen LogP contribution in [0.25, 0.3) is 0 Å². The van der Waals surface area contributed by atoms with E-state index in [9.17, 15) is 0 Å². The molecule has 12 heavy (non-hydrogen) atoms. The fourth-order valence-electron chi connectivity index (χ4n) is 1.65. The Morgan fingerprint density at radius 3 is 2.25 bits per heavy atom. The molecule has 0 aromatic heterocycles. The van der Waals surface area contributed by atoms with Crippen molar-refractivity contribution in [1.29, 1.82) is 0 Å². The van der Waals surface area contributed by atoms with Crippen molar-refractivity contribution in [2.45, 2.75) is 25.7 Å². The summed E-state index contributed by atoms with van der Waals surface area (Å²) >= 11 is 0. The molecule has 0 amide bonds. The second kappa shape index (κ2) is 3.57. The van der Waals surface area contributed by atoms with Gasteiger partial charge in [-0.25, -0.2) is 0 Å². The first kappa shape index (κ1) is 7.60. The number of allylic oxidation sites excluding steroid dienone is 1.